The fourth-order valence-electron chi connectivity index (χ4n) is 3.22. The van der Waals surface area contributed by atoms with Crippen molar-refractivity contribution in [2.75, 3.05) is 26.0 Å². The number of carbonyl (C=O) groups is 2. The Hall–Kier alpha value is -3.41. The van der Waals surface area contributed by atoms with Crippen LogP contribution in [0.25, 0.3) is 10.9 Å². The number of carbonyl (C=O) groups excluding carboxylic acids is 2. The number of para-hydroxylation sites is 1. The van der Waals surface area contributed by atoms with E-state index in [1.807, 2.05) is 32.0 Å². The molecule has 0 spiro atoms. The average molecular weight is 391 g/mol. The SMILES string of the molecule is CCOC(=O)c1cnc2ccc(C(=O)N(C)C)cc2c1Nc1c(C)cccc1C. The lowest BCUT2D eigenvalue weighted by Crippen LogP contribution is -2.21. The second-order valence-electron chi connectivity index (χ2n) is 7.09. The standard InChI is InChI=1S/C23H25N3O3/c1-6-29-23(28)18-13-24-19-11-10-16(22(27)26(4)5)12-17(19)21(18)25-20-14(2)8-7-9-15(20)3/h7-13H,6H2,1-5H3,(H,24,25). The minimum Gasteiger partial charge on any atom is -0.462 e. The van der Waals surface area contributed by atoms with E-state index in [9.17, 15) is 9.59 Å². The summed E-state index contributed by atoms with van der Waals surface area (Å²) in [6, 6.07) is 11.3. The molecule has 0 radical (unpaired) electrons. The highest BCUT2D eigenvalue weighted by atomic mass is 16.5. The number of amides is 1. The van der Waals surface area contributed by atoms with Crippen molar-refractivity contribution in [2.45, 2.75) is 20.8 Å². The summed E-state index contributed by atoms with van der Waals surface area (Å²) in [7, 11) is 3.41. The third-order valence-corrected chi connectivity index (χ3v) is 4.75. The van der Waals surface area contributed by atoms with Gasteiger partial charge in [-0.25, -0.2) is 4.79 Å². The summed E-state index contributed by atoms with van der Waals surface area (Å²) in [5, 5.41) is 4.11. The smallest absolute Gasteiger partial charge is 0.341 e. The van der Waals surface area contributed by atoms with Crippen LogP contribution in [0.2, 0.25) is 0 Å². The van der Waals surface area contributed by atoms with Gasteiger partial charge in [0.25, 0.3) is 5.91 Å². The molecule has 150 valence electrons. The van der Waals surface area contributed by atoms with Crippen LogP contribution in [0.15, 0.2) is 42.6 Å². The molecule has 1 heterocycles. The molecule has 29 heavy (non-hydrogen) atoms. The summed E-state index contributed by atoms with van der Waals surface area (Å²) in [4.78, 5) is 31.0. The van der Waals surface area contributed by atoms with E-state index < -0.39 is 5.97 Å². The predicted octanol–water partition coefficient (Wildman–Crippen LogP) is 4.47. The molecule has 0 aliphatic rings. The lowest BCUT2D eigenvalue weighted by molar-refractivity contribution is 0.0527. The average Bonchev–Trinajstić information content (AvgIpc) is 2.69. The first-order valence-electron chi connectivity index (χ1n) is 9.48. The lowest BCUT2D eigenvalue weighted by atomic mass is 10.0. The van der Waals surface area contributed by atoms with Gasteiger partial charge >= 0.3 is 5.97 Å². The zero-order valence-corrected chi connectivity index (χ0v) is 17.4. The number of rotatable bonds is 5. The molecule has 1 aromatic heterocycles. The molecule has 3 rings (SSSR count). The Morgan fingerprint density at radius 3 is 2.38 bits per heavy atom. The number of fused-ring (bicyclic) bond motifs is 1. The van der Waals surface area contributed by atoms with E-state index in [2.05, 4.69) is 10.3 Å². The van der Waals surface area contributed by atoms with Crippen molar-refractivity contribution >= 4 is 34.2 Å². The van der Waals surface area contributed by atoms with Crippen LogP contribution in [0.3, 0.4) is 0 Å². The van der Waals surface area contributed by atoms with Gasteiger partial charge < -0.3 is 15.0 Å². The van der Waals surface area contributed by atoms with Crippen LogP contribution in [0, 0.1) is 13.8 Å². The lowest BCUT2D eigenvalue weighted by Gasteiger charge is -2.18. The second kappa shape index (κ2) is 8.31. The number of nitrogens with one attached hydrogen (secondary N) is 1. The van der Waals surface area contributed by atoms with Gasteiger partial charge in [0.05, 0.1) is 17.8 Å². The molecule has 0 aliphatic carbocycles. The molecule has 0 bridgehead atoms. The van der Waals surface area contributed by atoms with E-state index >= 15 is 0 Å². The number of hydrogen-bond donors (Lipinski definition) is 1. The minimum absolute atomic E-state index is 0.119. The number of aromatic nitrogens is 1. The molecule has 6 heteroatoms. The van der Waals surface area contributed by atoms with Crippen LogP contribution >= 0.6 is 0 Å². The Morgan fingerprint density at radius 2 is 1.76 bits per heavy atom. The Bertz CT molecular complexity index is 1070. The van der Waals surface area contributed by atoms with Crippen LogP contribution < -0.4 is 5.32 Å². The van der Waals surface area contributed by atoms with E-state index in [4.69, 9.17) is 4.74 Å². The van der Waals surface area contributed by atoms with Crippen LogP contribution in [-0.4, -0.2) is 42.5 Å². The first-order chi connectivity index (χ1) is 13.8. The van der Waals surface area contributed by atoms with Crippen molar-refractivity contribution < 1.29 is 14.3 Å². The molecule has 2 aromatic carbocycles. The van der Waals surface area contributed by atoms with Gasteiger partial charge in [-0.3, -0.25) is 9.78 Å². The van der Waals surface area contributed by atoms with E-state index in [0.717, 1.165) is 16.8 Å². The van der Waals surface area contributed by atoms with Gasteiger partial charge in [0, 0.05) is 36.9 Å². The maximum atomic E-state index is 12.6. The summed E-state index contributed by atoms with van der Waals surface area (Å²) in [6.45, 7) is 6.03. The maximum absolute atomic E-state index is 12.6. The molecule has 6 nitrogen and oxygen atoms in total. The van der Waals surface area contributed by atoms with Crippen molar-refractivity contribution in [1.29, 1.82) is 0 Å². The van der Waals surface area contributed by atoms with E-state index in [0.29, 0.717) is 27.7 Å². The third kappa shape index (κ3) is 4.06. The summed E-state index contributed by atoms with van der Waals surface area (Å²) < 4.78 is 5.24. The number of benzene rings is 2. The van der Waals surface area contributed by atoms with Crippen molar-refractivity contribution in [3.63, 3.8) is 0 Å². The van der Waals surface area contributed by atoms with Gasteiger partial charge in [-0.1, -0.05) is 18.2 Å². The normalized spacial score (nSPS) is 10.7. The number of esters is 1. The fraction of sp³-hybridized carbons (Fsp3) is 0.261. The summed E-state index contributed by atoms with van der Waals surface area (Å²) >= 11 is 0. The summed E-state index contributed by atoms with van der Waals surface area (Å²) in [6.07, 6.45) is 1.52. The molecule has 0 saturated heterocycles. The molecular weight excluding hydrogens is 366 g/mol. The number of pyridine rings is 1. The predicted molar refractivity (Wildman–Crippen MR) is 115 cm³/mol. The van der Waals surface area contributed by atoms with Gasteiger partial charge in [0.15, 0.2) is 0 Å². The first kappa shape index (κ1) is 20.3. The van der Waals surface area contributed by atoms with Crippen molar-refractivity contribution in [2.24, 2.45) is 0 Å². The van der Waals surface area contributed by atoms with Gasteiger partial charge in [0.2, 0.25) is 0 Å². The summed E-state index contributed by atoms with van der Waals surface area (Å²) in [5.74, 6) is -0.577. The summed E-state index contributed by atoms with van der Waals surface area (Å²) in [5.41, 5.74) is 5.12. The second-order valence-corrected chi connectivity index (χ2v) is 7.09. The number of nitrogens with zero attached hydrogens (tertiary/aromatic N) is 2. The highest BCUT2D eigenvalue weighted by Gasteiger charge is 2.19. The molecular formula is C23H25N3O3. The third-order valence-electron chi connectivity index (χ3n) is 4.75. The molecule has 0 fully saturated rings. The molecule has 0 unspecified atom stereocenters. The van der Waals surface area contributed by atoms with Crippen LogP contribution in [0.4, 0.5) is 11.4 Å². The number of ether oxygens (including phenoxy) is 1. The van der Waals surface area contributed by atoms with Crippen LogP contribution in [-0.2, 0) is 4.74 Å². The van der Waals surface area contributed by atoms with Crippen molar-refractivity contribution in [3.8, 4) is 0 Å². The van der Waals surface area contributed by atoms with Crippen molar-refractivity contribution in [1.82, 2.24) is 9.88 Å². The molecule has 0 atom stereocenters. The largest absolute Gasteiger partial charge is 0.462 e. The highest BCUT2D eigenvalue weighted by molar-refractivity contribution is 6.08. The van der Waals surface area contributed by atoms with Gasteiger partial charge in [-0.05, 0) is 50.1 Å². The Kier molecular flexibility index (Phi) is 5.82. The Labute approximate surface area is 170 Å². The number of hydrogen-bond acceptors (Lipinski definition) is 5. The monoisotopic (exact) mass is 391 g/mol. The topological polar surface area (TPSA) is 71.5 Å². The van der Waals surface area contributed by atoms with Gasteiger partial charge in [0.1, 0.15) is 5.56 Å². The van der Waals surface area contributed by atoms with Gasteiger partial charge in [-0.15, -0.1) is 0 Å². The van der Waals surface area contributed by atoms with E-state index in [1.54, 1.807) is 39.2 Å². The maximum Gasteiger partial charge on any atom is 0.341 e. The zero-order chi connectivity index (χ0) is 21.1. The molecule has 0 saturated carbocycles. The minimum atomic E-state index is -0.458. The van der Waals surface area contributed by atoms with Crippen LogP contribution in [0.1, 0.15) is 38.8 Å². The molecule has 3 aromatic rings. The molecule has 1 amide bonds. The highest BCUT2D eigenvalue weighted by Crippen LogP contribution is 2.33. The van der Waals surface area contributed by atoms with E-state index in [-0.39, 0.29) is 12.5 Å². The van der Waals surface area contributed by atoms with Crippen LogP contribution in [0.5, 0.6) is 0 Å². The van der Waals surface area contributed by atoms with E-state index in [1.165, 1.54) is 11.1 Å². The Morgan fingerprint density at radius 1 is 1.07 bits per heavy atom. The van der Waals surface area contributed by atoms with Crippen molar-refractivity contribution in [3.05, 3.63) is 64.8 Å². The number of aryl methyl sites for hydroxylation is 2. The first-order valence-corrected chi connectivity index (χ1v) is 9.48. The quantitative estimate of drug-likeness (QED) is 0.650. The fourth-order valence-corrected chi connectivity index (χ4v) is 3.22. The Balaban J connectivity index is 2.26. The zero-order valence-electron chi connectivity index (χ0n) is 17.4. The molecule has 1 N–H and O–H groups in total. The number of anilines is 2. The molecule has 0 aliphatic heterocycles. The van der Waals surface area contributed by atoms with Gasteiger partial charge in [-0.2, -0.15) is 0 Å².